The molecule has 0 fully saturated rings. The van der Waals surface area contributed by atoms with Gasteiger partial charge in [0.05, 0.1) is 7.11 Å². The van der Waals surface area contributed by atoms with Crippen molar-refractivity contribution in [1.29, 1.82) is 0 Å². The van der Waals surface area contributed by atoms with Gasteiger partial charge in [-0.15, -0.1) is 0 Å². The van der Waals surface area contributed by atoms with Crippen LogP contribution in [0.25, 0.3) is 0 Å². The number of methoxy groups -OCH3 is 1. The van der Waals surface area contributed by atoms with Crippen molar-refractivity contribution in [2.45, 2.75) is 52.4 Å². The molecular weight excluding hydrogens is 344 g/mol. The third-order valence-electron chi connectivity index (χ3n) is 3.88. The zero-order valence-electron chi connectivity index (χ0n) is 17.9. The number of carbonyl (C=O) groups is 2. The summed E-state index contributed by atoms with van der Waals surface area (Å²) in [4.78, 5) is 25.8. The Morgan fingerprint density at radius 2 is 1.56 bits per heavy atom. The largest absolute Gasteiger partial charge is 0.513 e. The Labute approximate surface area is 162 Å². The second kappa shape index (κ2) is 8.46. The Morgan fingerprint density at radius 1 is 1.00 bits per heavy atom. The highest BCUT2D eigenvalue weighted by Crippen LogP contribution is 2.40. The smallest absolute Gasteiger partial charge is 0.437 e. The molecule has 0 spiro atoms. The fourth-order valence-electron chi connectivity index (χ4n) is 2.50. The van der Waals surface area contributed by atoms with Gasteiger partial charge in [-0.05, 0) is 22.5 Å². The lowest BCUT2D eigenvalue weighted by atomic mass is 9.79. The fraction of sp³-hybridized carbons (Fsp3) is 0.524. The molecule has 0 aliphatic carbocycles. The molecule has 0 bridgehead atoms. The van der Waals surface area contributed by atoms with E-state index in [-0.39, 0.29) is 16.7 Å². The monoisotopic (exact) mass is 376 g/mol. The van der Waals surface area contributed by atoms with Crippen molar-refractivity contribution in [2.24, 2.45) is 0 Å². The van der Waals surface area contributed by atoms with Crippen LogP contribution < -0.4 is 10.1 Å². The van der Waals surface area contributed by atoms with E-state index in [1.165, 1.54) is 13.2 Å². The predicted octanol–water partition coefficient (Wildman–Crippen LogP) is 4.44. The average molecular weight is 376 g/mol. The number of benzene rings is 1. The second-order valence-corrected chi connectivity index (χ2v) is 8.72. The van der Waals surface area contributed by atoms with Gasteiger partial charge in [-0.1, -0.05) is 41.5 Å². The molecule has 1 aromatic rings. The van der Waals surface area contributed by atoms with E-state index in [0.29, 0.717) is 11.4 Å². The number of hydrogen-bond acceptors (Lipinski definition) is 5. The third-order valence-corrected chi connectivity index (χ3v) is 3.88. The van der Waals surface area contributed by atoms with Gasteiger partial charge in [-0.25, -0.2) is 4.79 Å². The van der Waals surface area contributed by atoms with Gasteiger partial charge in [0.25, 0.3) is 0 Å². The summed E-state index contributed by atoms with van der Waals surface area (Å²) in [7, 11) is 4.94. The Hall–Kier alpha value is -2.50. The summed E-state index contributed by atoms with van der Waals surface area (Å²) in [5, 5.41) is 2.90. The molecule has 6 heteroatoms. The van der Waals surface area contributed by atoms with E-state index in [9.17, 15) is 9.59 Å². The number of nitrogens with one attached hydrogen (secondary N) is 1. The highest BCUT2D eigenvalue weighted by molar-refractivity contribution is 6.00. The molecule has 0 aliphatic rings. The molecule has 1 N–H and O–H groups in total. The maximum absolute atomic E-state index is 12.3. The van der Waals surface area contributed by atoms with Gasteiger partial charge in [0.15, 0.2) is 0 Å². The van der Waals surface area contributed by atoms with Crippen molar-refractivity contribution in [3.8, 4) is 5.75 Å². The van der Waals surface area contributed by atoms with Gasteiger partial charge in [0.2, 0.25) is 5.91 Å². The molecule has 27 heavy (non-hydrogen) atoms. The van der Waals surface area contributed by atoms with Gasteiger partial charge in [0, 0.05) is 43.7 Å². The van der Waals surface area contributed by atoms with Crippen molar-refractivity contribution in [3.63, 3.8) is 0 Å². The molecule has 6 nitrogen and oxygen atoms in total. The standard InChI is InChI=1S/C21H32N2O4/c1-20(2,3)14-12-15(21(4,5)6)17(27-19(25)26-9)13-16(14)22-18(24)10-11-23(7)8/h10-13H,1-9H3,(H,22,24)/b11-10+. The molecule has 150 valence electrons. The molecule has 0 saturated heterocycles. The van der Waals surface area contributed by atoms with Gasteiger partial charge in [-0.2, -0.15) is 0 Å². The number of ether oxygens (including phenoxy) is 2. The van der Waals surface area contributed by atoms with Crippen LogP contribution in [-0.2, 0) is 20.4 Å². The Morgan fingerprint density at radius 3 is 2.00 bits per heavy atom. The maximum Gasteiger partial charge on any atom is 0.513 e. The number of anilines is 1. The van der Waals surface area contributed by atoms with Crippen molar-refractivity contribution in [1.82, 2.24) is 4.90 Å². The van der Waals surface area contributed by atoms with Crippen molar-refractivity contribution < 1.29 is 19.1 Å². The highest BCUT2D eigenvalue weighted by atomic mass is 16.7. The summed E-state index contributed by atoms with van der Waals surface area (Å²) in [6.45, 7) is 12.3. The molecule has 1 rings (SSSR count). The first-order valence-electron chi connectivity index (χ1n) is 8.86. The molecule has 0 saturated carbocycles. The minimum Gasteiger partial charge on any atom is -0.437 e. The maximum atomic E-state index is 12.3. The lowest BCUT2D eigenvalue weighted by molar-refractivity contribution is -0.112. The summed E-state index contributed by atoms with van der Waals surface area (Å²) >= 11 is 0. The van der Waals surface area contributed by atoms with Crippen molar-refractivity contribution in [2.75, 3.05) is 26.5 Å². The molecule has 0 aliphatic heterocycles. The lowest BCUT2D eigenvalue weighted by Crippen LogP contribution is -2.22. The van der Waals surface area contributed by atoms with E-state index in [0.717, 1.165) is 11.1 Å². The number of hydrogen-bond donors (Lipinski definition) is 1. The van der Waals surface area contributed by atoms with E-state index >= 15 is 0 Å². The molecule has 0 unspecified atom stereocenters. The normalized spacial score (nSPS) is 12.0. The van der Waals surface area contributed by atoms with Crippen LogP contribution in [0, 0.1) is 0 Å². The summed E-state index contributed by atoms with van der Waals surface area (Å²) in [5.74, 6) is 0.107. The number of carbonyl (C=O) groups excluding carboxylic acids is 2. The zero-order chi connectivity index (χ0) is 21.0. The highest BCUT2D eigenvalue weighted by Gasteiger charge is 2.27. The summed E-state index contributed by atoms with van der Waals surface area (Å²) in [6, 6.07) is 3.68. The SMILES string of the molecule is COC(=O)Oc1cc(NC(=O)/C=C/N(C)C)c(C(C)(C)C)cc1C(C)(C)C. The Balaban J connectivity index is 3.52. The van der Waals surface area contributed by atoms with Crippen molar-refractivity contribution in [3.05, 3.63) is 35.5 Å². The Kier molecular flexibility index (Phi) is 7.06. The minimum absolute atomic E-state index is 0.225. The van der Waals surface area contributed by atoms with Crippen molar-refractivity contribution >= 4 is 17.7 Å². The second-order valence-electron chi connectivity index (χ2n) is 8.72. The molecule has 0 atom stereocenters. The number of rotatable bonds is 4. The van der Waals surface area contributed by atoms with E-state index in [2.05, 4.69) is 30.8 Å². The molecular formula is C21H32N2O4. The topological polar surface area (TPSA) is 67.9 Å². The molecule has 0 radical (unpaired) electrons. The van der Waals surface area contributed by atoms with Crippen LogP contribution in [0.1, 0.15) is 52.7 Å². The van der Waals surface area contributed by atoms with Gasteiger partial charge < -0.3 is 19.7 Å². The first-order valence-corrected chi connectivity index (χ1v) is 8.86. The molecule has 0 heterocycles. The molecule has 1 aromatic carbocycles. The van der Waals surface area contributed by atoms with E-state index < -0.39 is 6.16 Å². The van der Waals surface area contributed by atoms with Gasteiger partial charge >= 0.3 is 6.16 Å². The third kappa shape index (κ3) is 6.62. The van der Waals surface area contributed by atoms with Gasteiger partial charge in [-0.3, -0.25) is 4.79 Å². The summed E-state index contributed by atoms with van der Waals surface area (Å²) in [5.41, 5.74) is 1.92. The van der Waals surface area contributed by atoms with E-state index in [4.69, 9.17) is 4.74 Å². The van der Waals surface area contributed by atoms with Crippen LogP contribution in [-0.4, -0.2) is 38.2 Å². The fourth-order valence-corrected chi connectivity index (χ4v) is 2.50. The van der Waals surface area contributed by atoms with Crippen LogP contribution in [0.4, 0.5) is 10.5 Å². The first kappa shape index (κ1) is 22.5. The average Bonchev–Trinajstić information content (AvgIpc) is 2.50. The number of nitrogens with zero attached hydrogens (tertiary/aromatic N) is 1. The predicted molar refractivity (Wildman–Crippen MR) is 108 cm³/mol. The first-order chi connectivity index (χ1) is 12.3. The van der Waals surface area contributed by atoms with Crippen LogP contribution >= 0.6 is 0 Å². The number of amides is 1. The van der Waals surface area contributed by atoms with Crippen LogP contribution in [0.15, 0.2) is 24.4 Å². The quantitative estimate of drug-likeness (QED) is 0.478. The van der Waals surface area contributed by atoms with Crippen LogP contribution in [0.3, 0.4) is 0 Å². The Bertz CT molecular complexity index is 723. The van der Waals surface area contributed by atoms with Crippen LogP contribution in [0.5, 0.6) is 5.75 Å². The zero-order valence-corrected chi connectivity index (χ0v) is 17.9. The molecule has 0 aromatic heterocycles. The van der Waals surface area contributed by atoms with E-state index in [1.54, 1.807) is 17.2 Å². The summed E-state index contributed by atoms with van der Waals surface area (Å²) in [6.07, 6.45) is 2.32. The molecule has 1 amide bonds. The lowest BCUT2D eigenvalue weighted by Gasteiger charge is -2.29. The van der Waals surface area contributed by atoms with Crippen LogP contribution in [0.2, 0.25) is 0 Å². The van der Waals surface area contributed by atoms with Gasteiger partial charge in [0.1, 0.15) is 5.75 Å². The van der Waals surface area contributed by atoms with E-state index in [1.807, 2.05) is 40.9 Å². The summed E-state index contributed by atoms with van der Waals surface area (Å²) < 4.78 is 10.0. The minimum atomic E-state index is -0.797.